The van der Waals surface area contributed by atoms with Crippen molar-refractivity contribution >= 4 is 12.2 Å². The molecule has 1 saturated carbocycles. The lowest BCUT2D eigenvalue weighted by Crippen LogP contribution is -2.30. The molecule has 90 valence electrons. The van der Waals surface area contributed by atoms with Gasteiger partial charge < -0.3 is 10.3 Å². The molecule has 0 amide bonds. The first-order valence-corrected chi connectivity index (χ1v) is 6.20. The van der Waals surface area contributed by atoms with Crippen LogP contribution in [0.25, 0.3) is 0 Å². The van der Waals surface area contributed by atoms with Gasteiger partial charge in [0.1, 0.15) is 0 Å². The quantitative estimate of drug-likeness (QED) is 0.797. The Bertz CT molecular complexity index is 401. The number of hydrogen-bond donors (Lipinski definition) is 2. The second-order valence-corrected chi connectivity index (χ2v) is 5.66. The molecule has 16 heavy (non-hydrogen) atoms. The minimum atomic E-state index is 0.175. The number of nitrogens with zero attached hydrogens (tertiary/aromatic N) is 1. The van der Waals surface area contributed by atoms with Crippen LogP contribution in [0.2, 0.25) is 0 Å². The summed E-state index contributed by atoms with van der Waals surface area (Å²) < 4.78 is 4.89. The smallest absolute Gasteiger partial charge is 0.294 e. The van der Waals surface area contributed by atoms with Gasteiger partial charge in [-0.2, -0.15) is 0 Å². The Morgan fingerprint density at radius 3 is 2.56 bits per heavy atom. The van der Waals surface area contributed by atoms with Crippen molar-refractivity contribution in [3.63, 3.8) is 0 Å². The van der Waals surface area contributed by atoms with Gasteiger partial charge in [0.15, 0.2) is 5.82 Å². The Labute approximate surface area is 101 Å². The maximum atomic E-state index is 5.95. The zero-order valence-corrected chi connectivity index (χ0v) is 10.6. The monoisotopic (exact) mass is 241 g/mol. The van der Waals surface area contributed by atoms with Gasteiger partial charge in [0, 0.05) is 6.42 Å². The van der Waals surface area contributed by atoms with E-state index in [0.29, 0.717) is 11.4 Å². The zero-order chi connectivity index (χ0) is 11.8. The van der Waals surface area contributed by atoms with E-state index < -0.39 is 0 Å². The van der Waals surface area contributed by atoms with Crippen LogP contribution in [-0.4, -0.2) is 16.7 Å². The van der Waals surface area contributed by atoms with Gasteiger partial charge in [-0.25, -0.2) is 0 Å². The third kappa shape index (κ3) is 2.20. The second-order valence-electron chi connectivity index (χ2n) is 5.29. The average Bonchev–Trinajstić information content (AvgIpc) is 2.74. The molecule has 1 aliphatic carbocycles. The molecule has 2 atom stereocenters. The van der Waals surface area contributed by atoms with E-state index in [0.717, 1.165) is 36.9 Å². The molecule has 0 spiro atoms. The maximum absolute atomic E-state index is 5.95. The van der Waals surface area contributed by atoms with E-state index >= 15 is 0 Å². The van der Waals surface area contributed by atoms with E-state index in [9.17, 15) is 0 Å². The van der Waals surface area contributed by atoms with Crippen molar-refractivity contribution in [2.24, 2.45) is 23.0 Å². The van der Waals surface area contributed by atoms with Crippen LogP contribution in [-0.2, 0) is 6.42 Å². The third-order valence-corrected chi connectivity index (χ3v) is 4.12. The SMILES string of the molecule is C[C@@H]1CC(CN)(Cc2noc(=S)[nH]2)C[C@H]1C. The van der Waals surface area contributed by atoms with Crippen LogP contribution in [0.15, 0.2) is 4.52 Å². The molecule has 1 aromatic heterocycles. The Morgan fingerprint density at radius 1 is 1.50 bits per heavy atom. The molecule has 0 saturated heterocycles. The molecule has 3 N–H and O–H groups in total. The van der Waals surface area contributed by atoms with Crippen molar-refractivity contribution in [3.8, 4) is 0 Å². The Kier molecular flexibility index (Phi) is 3.17. The first kappa shape index (κ1) is 11.8. The van der Waals surface area contributed by atoms with Crippen molar-refractivity contribution in [1.82, 2.24) is 10.1 Å². The summed E-state index contributed by atoms with van der Waals surface area (Å²) in [6.45, 7) is 5.30. The van der Waals surface area contributed by atoms with Crippen LogP contribution in [0.3, 0.4) is 0 Å². The molecule has 2 rings (SSSR count). The molecular formula is C11H19N3OS. The Balaban J connectivity index is 2.14. The minimum Gasteiger partial charge on any atom is -0.330 e. The molecule has 0 aliphatic heterocycles. The lowest BCUT2D eigenvalue weighted by molar-refractivity contribution is 0.279. The molecule has 1 heterocycles. The van der Waals surface area contributed by atoms with Crippen LogP contribution < -0.4 is 5.73 Å². The van der Waals surface area contributed by atoms with Gasteiger partial charge in [0.05, 0.1) is 0 Å². The van der Waals surface area contributed by atoms with Crippen LogP contribution in [0.5, 0.6) is 0 Å². The van der Waals surface area contributed by atoms with Gasteiger partial charge in [0.2, 0.25) is 0 Å². The fourth-order valence-corrected chi connectivity index (χ4v) is 3.08. The molecular weight excluding hydrogens is 222 g/mol. The van der Waals surface area contributed by atoms with Crippen molar-refractivity contribution in [2.45, 2.75) is 33.1 Å². The van der Waals surface area contributed by atoms with Gasteiger partial charge in [-0.3, -0.25) is 4.98 Å². The lowest BCUT2D eigenvalue weighted by atomic mass is 9.81. The summed E-state index contributed by atoms with van der Waals surface area (Å²) in [4.78, 5) is 3.32. The molecule has 0 unspecified atom stereocenters. The first-order valence-electron chi connectivity index (χ1n) is 5.79. The van der Waals surface area contributed by atoms with Crippen LogP contribution in [0.1, 0.15) is 32.5 Å². The number of H-pyrrole nitrogens is 1. The highest BCUT2D eigenvalue weighted by Crippen LogP contribution is 2.46. The van der Waals surface area contributed by atoms with Gasteiger partial charge in [-0.1, -0.05) is 19.0 Å². The highest BCUT2D eigenvalue weighted by atomic mass is 32.1. The van der Waals surface area contributed by atoms with E-state index in [1.165, 1.54) is 0 Å². The van der Waals surface area contributed by atoms with Crippen molar-refractivity contribution in [2.75, 3.05) is 6.54 Å². The number of nitrogens with two attached hydrogens (primary N) is 1. The normalized spacial score (nSPS) is 28.4. The van der Waals surface area contributed by atoms with E-state index in [1.54, 1.807) is 0 Å². The highest BCUT2D eigenvalue weighted by molar-refractivity contribution is 7.71. The van der Waals surface area contributed by atoms with Crippen molar-refractivity contribution in [1.29, 1.82) is 0 Å². The van der Waals surface area contributed by atoms with Gasteiger partial charge in [-0.15, -0.1) is 0 Å². The highest BCUT2D eigenvalue weighted by Gasteiger charge is 2.41. The summed E-state index contributed by atoms with van der Waals surface area (Å²) >= 11 is 4.88. The zero-order valence-electron chi connectivity index (χ0n) is 9.82. The predicted octanol–water partition coefficient (Wildman–Crippen LogP) is 2.29. The minimum absolute atomic E-state index is 0.175. The van der Waals surface area contributed by atoms with E-state index in [2.05, 4.69) is 24.0 Å². The first-order chi connectivity index (χ1) is 7.54. The molecule has 5 heteroatoms. The largest absolute Gasteiger partial charge is 0.330 e. The summed E-state index contributed by atoms with van der Waals surface area (Å²) in [7, 11) is 0. The third-order valence-electron chi connectivity index (χ3n) is 3.94. The number of nitrogens with one attached hydrogen (secondary N) is 1. The van der Waals surface area contributed by atoms with Gasteiger partial charge in [-0.05, 0) is 48.9 Å². The standard InChI is InChI=1S/C11H19N3OS/c1-7-3-11(6-12,4-8(7)2)5-9-13-10(16)15-14-9/h7-8H,3-6,12H2,1-2H3,(H,13,14,16)/t7-,8-/m1/s1. The molecule has 1 aromatic rings. The molecule has 0 radical (unpaired) electrons. The number of rotatable bonds is 3. The average molecular weight is 241 g/mol. The van der Waals surface area contributed by atoms with Crippen LogP contribution in [0, 0.1) is 22.1 Å². The molecule has 0 bridgehead atoms. The summed E-state index contributed by atoms with van der Waals surface area (Å²) in [5.41, 5.74) is 6.12. The van der Waals surface area contributed by atoms with E-state index in [4.69, 9.17) is 22.5 Å². The van der Waals surface area contributed by atoms with Crippen molar-refractivity contribution < 1.29 is 4.52 Å². The molecule has 1 aliphatic rings. The lowest BCUT2D eigenvalue weighted by Gasteiger charge is -2.26. The van der Waals surface area contributed by atoms with Crippen LogP contribution in [0.4, 0.5) is 0 Å². The van der Waals surface area contributed by atoms with Crippen LogP contribution >= 0.6 is 12.2 Å². The summed E-state index contributed by atoms with van der Waals surface area (Å²) in [5.74, 6) is 2.30. The van der Waals surface area contributed by atoms with E-state index in [1.807, 2.05) is 0 Å². The second kappa shape index (κ2) is 4.30. The maximum Gasteiger partial charge on any atom is 0.294 e. The van der Waals surface area contributed by atoms with E-state index in [-0.39, 0.29) is 5.41 Å². The van der Waals surface area contributed by atoms with Gasteiger partial charge in [0.25, 0.3) is 4.84 Å². The fraction of sp³-hybridized carbons (Fsp3) is 0.818. The topological polar surface area (TPSA) is 67.8 Å². The van der Waals surface area contributed by atoms with Crippen molar-refractivity contribution in [3.05, 3.63) is 10.7 Å². The Hall–Kier alpha value is -0.680. The summed E-state index contributed by atoms with van der Waals surface area (Å²) in [6.07, 6.45) is 3.18. The molecule has 0 aromatic carbocycles. The summed E-state index contributed by atoms with van der Waals surface area (Å²) in [5, 5.41) is 3.93. The molecule has 4 nitrogen and oxygen atoms in total. The number of aromatic amines is 1. The molecule has 1 fully saturated rings. The number of aromatic nitrogens is 2. The van der Waals surface area contributed by atoms with Gasteiger partial charge >= 0.3 is 0 Å². The number of hydrogen-bond acceptors (Lipinski definition) is 4. The predicted molar refractivity (Wildman–Crippen MR) is 64.4 cm³/mol. The summed E-state index contributed by atoms with van der Waals surface area (Å²) in [6, 6.07) is 0. The Morgan fingerprint density at radius 2 is 2.12 bits per heavy atom. The fourth-order valence-electron chi connectivity index (χ4n) is 2.93.